The number of carbonyl (C=O) groups excluding carboxylic acids is 1. The van der Waals surface area contributed by atoms with Gasteiger partial charge < -0.3 is 9.15 Å². The molecule has 0 N–H and O–H groups in total. The minimum absolute atomic E-state index is 0.0105. The van der Waals surface area contributed by atoms with Crippen LogP contribution in [0.2, 0.25) is 0 Å². The molecule has 0 saturated carbocycles. The van der Waals surface area contributed by atoms with E-state index in [9.17, 15) is 4.79 Å². The lowest BCUT2D eigenvalue weighted by molar-refractivity contribution is 0.101. The highest BCUT2D eigenvalue weighted by Gasteiger charge is 2.17. The molecule has 0 saturated heterocycles. The summed E-state index contributed by atoms with van der Waals surface area (Å²) < 4.78 is 10.7. The van der Waals surface area contributed by atoms with Gasteiger partial charge in [-0.1, -0.05) is 11.8 Å². The molecule has 0 bridgehead atoms. The molecule has 1 aromatic heterocycles. The van der Waals surface area contributed by atoms with Crippen LogP contribution in [0.3, 0.4) is 0 Å². The van der Waals surface area contributed by atoms with E-state index < -0.39 is 0 Å². The largest absolute Gasteiger partial charge is 0.497 e. The van der Waals surface area contributed by atoms with Crippen LogP contribution in [0.15, 0.2) is 27.7 Å². The van der Waals surface area contributed by atoms with Crippen LogP contribution in [0.1, 0.15) is 17.3 Å². The predicted molar refractivity (Wildman–Crippen MR) is 64.6 cm³/mol. The van der Waals surface area contributed by atoms with Crippen molar-refractivity contribution in [2.45, 2.75) is 12.0 Å². The Morgan fingerprint density at radius 3 is 2.75 bits per heavy atom. The summed E-state index contributed by atoms with van der Waals surface area (Å²) >= 11 is 1.43. The lowest BCUT2D eigenvalue weighted by atomic mass is 10.1. The van der Waals surface area contributed by atoms with Crippen molar-refractivity contribution in [3.05, 3.63) is 23.8 Å². The van der Waals surface area contributed by atoms with E-state index >= 15 is 0 Å². The number of benzene rings is 1. The average Bonchev–Trinajstić information content (AvgIpc) is 2.65. The van der Waals surface area contributed by atoms with Gasteiger partial charge in [0.15, 0.2) is 10.9 Å². The third-order valence-corrected chi connectivity index (χ3v) is 3.06. The van der Waals surface area contributed by atoms with Crippen molar-refractivity contribution in [1.82, 2.24) is 0 Å². The van der Waals surface area contributed by atoms with Crippen LogP contribution < -0.4 is 4.74 Å². The molecule has 84 valence electrons. The highest BCUT2D eigenvalue weighted by molar-refractivity contribution is 7.98. The Balaban J connectivity index is 2.75. The van der Waals surface area contributed by atoms with Crippen LogP contribution in [0.4, 0.5) is 0 Å². The van der Waals surface area contributed by atoms with Crippen molar-refractivity contribution >= 4 is 28.5 Å². The van der Waals surface area contributed by atoms with Gasteiger partial charge in [-0.25, -0.2) is 0 Å². The zero-order valence-corrected chi connectivity index (χ0v) is 10.2. The Kier molecular flexibility index (Phi) is 2.92. The molecule has 0 aliphatic carbocycles. The second-order valence-electron chi connectivity index (χ2n) is 3.39. The molecule has 1 heterocycles. The maximum absolute atomic E-state index is 11.6. The summed E-state index contributed by atoms with van der Waals surface area (Å²) in [5.41, 5.74) is 1.36. The molecule has 0 aliphatic heterocycles. The minimum atomic E-state index is 0.0105. The van der Waals surface area contributed by atoms with Crippen molar-refractivity contribution in [1.29, 1.82) is 0 Å². The topological polar surface area (TPSA) is 39.4 Å². The fourth-order valence-electron chi connectivity index (χ4n) is 1.66. The van der Waals surface area contributed by atoms with Gasteiger partial charge in [-0.3, -0.25) is 4.79 Å². The molecule has 2 aromatic rings. The maximum atomic E-state index is 11.6. The van der Waals surface area contributed by atoms with Crippen molar-refractivity contribution in [3.8, 4) is 5.75 Å². The van der Waals surface area contributed by atoms with Gasteiger partial charge in [0.05, 0.1) is 12.7 Å². The summed E-state index contributed by atoms with van der Waals surface area (Å²) in [7, 11) is 1.60. The summed E-state index contributed by atoms with van der Waals surface area (Å²) in [5.74, 6) is 0.736. The van der Waals surface area contributed by atoms with Gasteiger partial charge in [-0.05, 0) is 31.4 Å². The predicted octanol–water partition coefficient (Wildman–Crippen LogP) is 3.37. The summed E-state index contributed by atoms with van der Waals surface area (Å²) in [5, 5.41) is 1.48. The number of Topliss-reactive ketones (excluding diaryl/α,β-unsaturated/α-hetero) is 1. The fraction of sp³-hybridized carbons (Fsp3) is 0.250. The molecule has 0 atom stereocenters. The first-order chi connectivity index (χ1) is 7.67. The number of thioether (sulfide) groups is 1. The van der Waals surface area contributed by atoms with Crippen LogP contribution in [0.5, 0.6) is 5.75 Å². The molecule has 3 nitrogen and oxygen atoms in total. The summed E-state index contributed by atoms with van der Waals surface area (Å²) in [6.45, 7) is 1.55. The van der Waals surface area contributed by atoms with Crippen molar-refractivity contribution in [2.75, 3.05) is 13.4 Å². The summed E-state index contributed by atoms with van der Waals surface area (Å²) in [6.07, 6.45) is 1.89. The standard InChI is InChI=1S/C12H12O3S/c1-7(13)11-9-6-8(14-2)4-5-10(9)15-12(11)16-3/h4-6H,1-3H3. The number of fused-ring (bicyclic) bond motifs is 1. The zero-order valence-electron chi connectivity index (χ0n) is 9.37. The fourth-order valence-corrected chi connectivity index (χ4v) is 2.29. The Labute approximate surface area is 97.8 Å². The third kappa shape index (κ3) is 1.69. The van der Waals surface area contributed by atoms with E-state index in [1.165, 1.54) is 11.8 Å². The molecule has 0 fully saturated rings. The van der Waals surface area contributed by atoms with Gasteiger partial charge in [0, 0.05) is 5.39 Å². The van der Waals surface area contributed by atoms with Gasteiger partial charge in [0.2, 0.25) is 0 Å². The Morgan fingerprint density at radius 2 is 2.19 bits per heavy atom. The Bertz CT molecular complexity index is 542. The molecule has 0 aliphatic rings. The number of ether oxygens (including phenoxy) is 1. The first-order valence-electron chi connectivity index (χ1n) is 4.83. The van der Waals surface area contributed by atoms with Gasteiger partial charge in [-0.15, -0.1) is 0 Å². The molecule has 1 aromatic carbocycles. The van der Waals surface area contributed by atoms with Crippen LogP contribution >= 0.6 is 11.8 Å². The van der Waals surface area contributed by atoms with Crippen LogP contribution in [0, 0.1) is 0 Å². The molecule has 0 radical (unpaired) electrons. The second-order valence-corrected chi connectivity index (χ2v) is 4.17. The number of carbonyl (C=O) groups is 1. The molecule has 4 heteroatoms. The highest BCUT2D eigenvalue weighted by Crippen LogP contribution is 2.34. The van der Waals surface area contributed by atoms with Gasteiger partial charge in [-0.2, -0.15) is 0 Å². The molecule has 16 heavy (non-hydrogen) atoms. The zero-order chi connectivity index (χ0) is 11.7. The minimum Gasteiger partial charge on any atom is -0.497 e. The van der Waals surface area contributed by atoms with Crippen molar-refractivity contribution in [2.24, 2.45) is 0 Å². The number of furan rings is 1. The van der Waals surface area contributed by atoms with E-state index in [-0.39, 0.29) is 5.78 Å². The molecule has 0 spiro atoms. The van der Waals surface area contributed by atoms with Gasteiger partial charge >= 0.3 is 0 Å². The quantitative estimate of drug-likeness (QED) is 0.605. The number of methoxy groups -OCH3 is 1. The van der Waals surface area contributed by atoms with Crippen LogP contribution in [-0.4, -0.2) is 19.1 Å². The second kappa shape index (κ2) is 4.22. The number of ketones is 1. The maximum Gasteiger partial charge on any atom is 0.172 e. The number of hydrogen-bond acceptors (Lipinski definition) is 4. The van der Waals surface area contributed by atoms with E-state index in [1.54, 1.807) is 14.0 Å². The molecular weight excluding hydrogens is 224 g/mol. The summed E-state index contributed by atoms with van der Waals surface area (Å²) in [4.78, 5) is 11.6. The molecule has 2 rings (SSSR count). The average molecular weight is 236 g/mol. The number of hydrogen-bond donors (Lipinski definition) is 0. The van der Waals surface area contributed by atoms with Crippen molar-refractivity contribution in [3.63, 3.8) is 0 Å². The number of rotatable bonds is 3. The van der Waals surface area contributed by atoms with Crippen LogP contribution in [0.25, 0.3) is 11.0 Å². The van der Waals surface area contributed by atoms with E-state index in [2.05, 4.69) is 0 Å². The van der Waals surface area contributed by atoms with Crippen molar-refractivity contribution < 1.29 is 13.9 Å². The van der Waals surface area contributed by atoms with E-state index in [0.29, 0.717) is 10.7 Å². The van der Waals surface area contributed by atoms with E-state index in [1.807, 2.05) is 24.5 Å². The Morgan fingerprint density at radius 1 is 1.44 bits per heavy atom. The smallest absolute Gasteiger partial charge is 0.172 e. The normalized spacial score (nSPS) is 10.7. The summed E-state index contributed by atoms with van der Waals surface area (Å²) in [6, 6.07) is 5.47. The molecular formula is C12H12O3S. The monoisotopic (exact) mass is 236 g/mol. The van der Waals surface area contributed by atoms with E-state index in [0.717, 1.165) is 16.7 Å². The Hall–Kier alpha value is -1.42. The van der Waals surface area contributed by atoms with Crippen LogP contribution in [-0.2, 0) is 0 Å². The van der Waals surface area contributed by atoms with E-state index in [4.69, 9.17) is 9.15 Å². The lowest BCUT2D eigenvalue weighted by Crippen LogP contribution is -1.92. The molecule has 0 unspecified atom stereocenters. The SMILES string of the molecule is COc1ccc2oc(SC)c(C(C)=O)c2c1. The highest BCUT2D eigenvalue weighted by atomic mass is 32.2. The first-order valence-corrected chi connectivity index (χ1v) is 6.05. The van der Waals surface area contributed by atoms with Gasteiger partial charge in [0.25, 0.3) is 0 Å². The third-order valence-electron chi connectivity index (χ3n) is 2.40. The molecule has 0 amide bonds. The van der Waals surface area contributed by atoms with Gasteiger partial charge in [0.1, 0.15) is 11.3 Å². The first kappa shape index (κ1) is 11.1. The lowest BCUT2D eigenvalue weighted by Gasteiger charge is -1.98.